The molecule has 4 heteroatoms. The first kappa shape index (κ1) is 16.9. The number of piperidine rings is 1. The molecule has 0 radical (unpaired) electrons. The zero-order chi connectivity index (χ0) is 14.1. The van der Waals surface area contributed by atoms with Crippen molar-refractivity contribution >= 4 is 0 Å². The van der Waals surface area contributed by atoms with E-state index in [4.69, 9.17) is 4.74 Å². The summed E-state index contributed by atoms with van der Waals surface area (Å²) in [4.78, 5) is 2.51. The first-order valence-electron chi connectivity index (χ1n) is 7.80. The van der Waals surface area contributed by atoms with Gasteiger partial charge in [-0.3, -0.25) is 0 Å². The fourth-order valence-corrected chi connectivity index (χ4v) is 2.46. The molecule has 19 heavy (non-hydrogen) atoms. The molecule has 0 aromatic carbocycles. The lowest BCUT2D eigenvalue weighted by molar-refractivity contribution is 0.0255. The average molecular weight is 272 g/mol. The summed E-state index contributed by atoms with van der Waals surface area (Å²) in [6, 6.07) is 0. The fourth-order valence-electron chi connectivity index (χ4n) is 2.46. The lowest BCUT2D eigenvalue weighted by atomic mass is 9.97. The fraction of sp³-hybridized carbons (Fsp3) is 1.00. The third-order valence-electron chi connectivity index (χ3n) is 3.73. The van der Waals surface area contributed by atoms with Crippen molar-refractivity contribution in [1.82, 2.24) is 10.2 Å². The molecule has 0 spiro atoms. The van der Waals surface area contributed by atoms with Gasteiger partial charge in [-0.2, -0.15) is 0 Å². The van der Waals surface area contributed by atoms with Crippen LogP contribution in [0.4, 0.5) is 0 Å². The van der Waals surface area contributed by atoms with Crippen molar-refractivity contribution in [3.05, 3.63) is 0 Å². The standard InChI is InChI=1S/C15H32N2O2/c1-4-17-7-5-14(6-8-17)9-16-10-15(18)12-19-11-13(2)3/h13-16,18H,4-12H2,1-3H3. The zero-order valence-corrected chi connectivity index (χ0v) is 12.9. The number of hydrogen-bond donors (Lipinski definition) is 2. The van der Waals surface area contributed by atoms with Gasteiger partial charge in [0.1, 0.15) is 0 Å². The summed E-state index contributed by atoms with van der Waals surface area (Å²) < 4.78 is 5.43. The summed E-state index contributed by atoms with van der Waals surface area (Å²) >= 11 is 0. The van der Waals surface area contributed by atoms with Crippen LogP contribution in [0.3, 0.4) is 0 Å². The minimum absolute atomic E-state index is 0.380. The van der Waals surface area contributed by atoms with E-state index >= 15 is 0 Å². The van der Waals surface area contributed by atoms with Crippen LogP contribution in [0.1, 0.15) is 33.6 Å². The van der Waals surface area contributed by atoms with Crippen LogP contribution in [-0.4, -0.2) is 62.0 Å². The van der Waals surface area contributed by atoms with Gasteiger partial charge in [0.05, 0.1) is 12.7 Å². The minimum Gasteiger partial charge on any atom is -0.389 e. The molecular formula is C15H32N2O2. The molecule has 1 unspecified atom stereocenters. The Morgan fingerprint density at radius 2 is 1.95 bits per heavy atom. The van der Waals surface area contributed by atoms with Crippen molar-refractivity contribution in [3.8, 4) is 0 Å². The SMILES string of the molecule is CCN1CCC(CNCC(O)COCC(C)C)CC1. The predicted octanol–water partition coefficient (Wildman–Crippen LogP) is 1.34. The van der Waals surface area contributed by atoms with Gasteiger partial charge in [0, 0.05) is 13.2 Å². The summed E-state index contributed by atoms with van der Waals surface area (Å²) in [6.07, 6.45) is 2.18. The molecule has 0 aromatic rings. The van der Waals surface area contributed by atoms with Crippen molar-refractivity contribution in [3.63, 3.8) is 0 Å². The molecule has 114 valence electrons. The minimum atomic E-state index is -0.380. The summed E-state index contributed by atoms with van der Waals surface area (Å²) in [5, 5.41) is 13.2. The molecule has 1 fully saturated rings. The normalized spacial score (nSPS) is 20.1. The van der Waals surface area contributed by atoms with Gasteiger partial charge in [0.25, 0.3) is 0 Å². The lowest BCUT2D eigenvalue weighted by Crippen LogP contribution is -2.39. The monoisotopic (exact) mass is 272 g/mol. The molecular weight excluding hydrogens is 240 g/mol. The smallest absolute Gasteiger partial charge is 0.0897 e. The lowest BCUT2D eigenvalue weighted by Gasteiger charge is -2.31. The van der Waals surface area contributed by atoms with Gasteiger partial charge in [-0.25, -0.2) is 0 Å². The van der Waals surface area contributed by atoms with Gasteiger partial charge >= 0.3 is 0 Å². The Bertz CT molecular complexity index is 216. The number of hydrogen-bond acceptors (Lipinski definition) is 4. The molecule has 0 aliphatic carbocycles. The Kier molecular flexibility index (Phi) is 8.62. The van der Waals surface area contributed by atoms with E-state index in [1.54, 1.807) is 0 Å². The van der Waals surface area contributed by atoms with Crippen LogP contribution < -0.4 is 5.32 Å². The molecule has 1 aliphatic rings. The number of aliphatic hydroxyl groups is 1. The third-order valence-corrected chi connectivity index (χ3v) is 3.73. The molecule has 0 amide bonds. The molecule has 1 aliphatic heterocycles. The van der Waals surface area contributed by atoms with E-state index in [2.05, 4.69) is 31.0 Å². The number of rotatable bonds is 9. The highest BCUT2D eigenvalue weighted by atomic mass is 16.5. The van der Waals surface area contributed by atoms with E-state index < -0.39 is 0 Å². The first-order chi connectivity index (χ1) is 9.11. The second kappa shape index (κ2) is 9.70. The highest BCUT2D eigenvalue weighted by molar-refractivity contribution is 4.73. The second-order valence-electron chi connectivity index (χ2n) is 6.12. The summed E-state index contributed by atoms with van der Waals surface area (Å²) in [5.74, 6) is 1.30. The number of nitrogens with zero attached hydrogens (tertiary/aromatic N) is 1. The molecule has 2 N–H and O–H groups in total. The molecule has 1 rings (SSSR count). The maximum Gasteiger partial charge on any atom is 0.0897 e. The Morgan fingerprint density at radius 1 is 1.26 bits per heavy atom. The largest absolute Gasteiger partial charge is 0.389 e. The van der Waals surface area contributed by atoms with Gasteiger partial charge in [0.15, 0.2) is 0 Å². The van der Waals surface area contributed by atoms with Crippen LogP contribution in [0.15, 0.2) is 0 Å². The van der Waals surface area contributed by atoms with Gasteiger partial charge in [-0.05, 0) is 50.9 Å². The Labute approximate surface area is 118 Å². The Morgan fingerprint density at radius 3 is 2.53 bits per heavy atom. The van der Waals surface area contributed by atoms with Crippen molar-refractivity contribution in [1.29, 1.82) is 0 Å². The Balaban J connectivity index is 1.98. The van der Waals surface area contributed by atoms with Crippen LogP contribution in [0, 0.1) is 11.8 Å². The van der Waals surface area contributed by atoms with Crippen LogP contribution in [-0.2, 0) is 4.74 Å². The molecule has 0 saturated carbocycles. The van der Waals surface area contributed by atoms with Crippen molar-refractivity contribution < 1.29 is 9.84 Å². The molecule has 4 nitrogen and oxygen atoms in total. The average Bonchev–Trinajstić information content (AvgIpc) is 2.39. The van der Waals surface area contributed by atoms with Crippen LogP contribution >= 0.6 is 0 Å². The Hall–Kier alpha value is -0.160. The number of ether oxygens (including phenoxy) is 1. The van der Waals surface area contributed by atoms with Crippen molar-refractivity contribution in [2.24, 2.45) is 11.8 Å². The first-order valence-corrected chi connectivity index (χ1v) is 7.80. The van der Waals surface area contributed by atoms with Gasteiger partial charge in [0.2, 0.25) is 0 Å². The van der Waals surface area contributed by atoms with Gasteiger partial charge in [-0.1, -0.05) is 20.8 Å². The number of likely N-dealkylation sites (tertiary alicyclic amines) is 1. The van der Waals surface area contributed by atoms with Crippen LogP contribution in [0.5, 0.6) is 0 Å². The predicted molar refractivity (Wildman–Crippen MR) is 79.4 cm³/mol. The third kappa shape index (κ3) is 7.88. The van der Waals surface area contributed by atoms with Crippen LogP contribution in [0.25, 0.3) is 0 Å². The summed E-state index contributed by atoms with van der Waals surface area (Å²) in [7, 11) is 0. The van der Waals surface area contributed by atoms with E-state index in [0.717, 1.165) is 19.1 Å². The highest BCUT2D eigenvalue weighted by Crippen LogP contribution is 2.15. The van der Waals surface area contributed by atoms with Gasteiger partial charge in [-0.15, -0.1) is 0 Å². The maximum atomic E-state index is 9.78. The molecule has 1 heterocycles. The van der Waals surface area contributed by atoms with E-state index in [-0.39, 0.29) is 6.10 Å². The topological polar surface area (TPSA) is 44.7 Å². The molecule has 0 aromatic heterocycles. The quantitative estimate of drug-likeness (QED) is 0.665. The molecule has 1 atom stereocenters. The molecule has 0 bridgehead atoms. The second-order valence-corrected chi connectivity index (χ2v) is 6.12. The van der Waals surface area contributed by atoms with E-state index in [0.29, 0.717) is 19.1 Å². The number of nitrogens with one attached hydrogen (secondary N) is 1. The van der Waals surface area contributed by atoms with Crippen molar-refractivity contribution in [2.45, 2.75) is 39.7 Å². The molecule has 1 saturated heterocycles. The summed E-state index contributed by atoms with van der Waals surface area (Å²) in [5.41, 5.74) is 0. The highest BCUT2D eigenvalue weighted by Gasteiger charge is 2.17. The van der Waals surface area contributed by atoms with E-state index in [1.165, 1.54) is 32.5 Å². The maximum absolute atomic E-state index is 9.78. The van der Waals surface area contributed by atoms with Gasteiger partial charge < -0.3 is 20.1 Å². The van der Waals surface area contributed by atoms with Crippen LogP contribution in [0.2, 0.25) is 0 Å². The van der Waals surface area contributed by atoms with E-state index in [9.17, 15) is 5.11 Å². The van der Waals surface area contributed by atoms with Crippen molar-refractivity contribution in [2.75, 3.05) is 45.9 Å². The summed E-state index contributed by atoms with van der Waals surface area (Å²) in [6.45, 7) is 12.9. The van der Waals surface area contributed by atoms with E-state index in [1.807, 2.05) is 0 Å². The zero-order valence-electron chi connectivity index (χ0n) is 12.9. The number of aliphatic hydroxyl groups excluding tert-OH is 1.